The molecule has 0 spiro atoms. The molecule has 4 heteroatoms. The zero-order valence-corrected chi connectivity index (χ0v) is 12.4. The molecule has 0 aliphatic rings. The summed E-state index contributed by atoms with van der Waals surface area (Å²) in [7, 11) is 0. The predicted molar refractivity (Wildman–Crippen MR) is 77.8 cm³/mol. The highest BCUT2D eigenvalue weighted by Crippen LogP contribution is 2.30. The zero-order chi connectivity index (χ0) is 14.2. The highest BCUT2D eigenvalue weighted by molar-refractivity contribution is 5.65. The number of nitrogens with two attached hydrogens (primary N) is 1. The molecule has 0 saturated heterocycles. The van der Waals surface area contributed by atoms with E-state index in [1.165, 1.54) is 11.1 Å². The summed E-state index contributed by atoms with van der Waals surface area (Å²) >= 11 is 0. The Labute approximate surface area is 114 Å². The van der Waals surface area contributed by atoms with Crippen LogP contribution >= 0.6 is 0 Å². The summed E-state index contributed by atoms with van der Waals surface area (Å²) < 4.78 is 2.14. The maximum Gasteiger partial charge on any atom is 0.165 e. The van der Waals surface area contributed by atoms with Crippen LogP contribution in [0.5, 0.6) is 0 Å². The van der Waals surface area contributed by atoms with Crippen LogP contribution in [0.25, 0.3) is 11.4 Å². The Morgan fingerprint density at radius 1 is 1.11 bits per heavy atom. The van der Waals surface area contributed by atoms with E-state index >= 15 is 0 Å². The van der Waals surface area contributed by atoms with Gasteiger partial charge in [-0.15, -0.1) is 10.2 Å². The van der Waals surface area contributed by atoms with Gasteiger partial charge in [0.25, 0.3) is 0 Å². The highest BCUT2D eigenvalue weighted by atomic mass is 15.3. The van der Waals surface area contributed by atoms with Gasteiger partial charge in [0.05, 0.1) is 6.54 Å². The normalized spacial score (nSPS) is 11.9. The fraction of sp³-hybridized carbons (Fsp3) is 0.467. The van der Waals surface area contributed by atoms with Gasteiger partial charge in [0.2, 0.25) is 0 Å². The Morgan fingerprint density at radius 3 is 2.16 bits per heavy atom. The summed E-state index contributed by atoms with van der Waals surface area (Å²) in [5.74, 6) is 1.73. The van der Waals surface area contributed by atoms with Gasteiger partial charge >= 0.3 is 0 Å². The quantitative estimate of drug-likeness (QED) is 0.901. The maximum atomic E-state index is 5.79. The first-order valence-electron chi connectivity index (χ1n) is 6.57. The summed E-state index contributed by atoms with van der Waals surface area (Å²) in [6.07, 6.45) is 0. The van der Waals surface area contributed by atoms with E-state index in [4.69, 9.17) is 5.73 Å². The number of nitrogens with zero attached hydrogens (tertiary/aromatic N) is 3. The maximum absolute atomic E-state index is 5.79. The molecule has 1 aromatic carbocycles. The van der Waals surface area contributed by atoms with Crippen molar-refractivity contribution in [3.8, 4) is 11.4 Å². The van der Waals surface area contributed by atoms with E-state index in [2.05, 4.69) is 67.6 Å². The van der Waals surface area contributed by atoms with Gasteiger partial charge in [-0.1, -0.05) is 18.2 Å². The molecule has 0 bridgehead atoms. The highest BCUT2D eigenvalue weighted by Gasteiger charge is 2.24. The summed E-state index contributed by atoms with van der Waals surface area (Å²) in [6.45, 7) is 11.0. The molecule has 0 saturated carbocycles. The molecule has 0 unspecified atom stereocenters. The first-order valence-corrected chi connectivity index (χ1v) is 6.57. The number of hydrogen-bond donors (Lipinski definition) is 1. The zero-order valence-electron chi connectivity index (χ0n) is 12.4. The molecule has 102 valence electrons. The Balaban J connectivity index is 2.74. The van der Waals surface area contributed by atoms with Gasteiger partial charge in [-0.05, 0) is 45.7 Å². The second-order valence-corrected chi connectivity index (χ2v) is 5.92. The third kappa shape index (κ3) is 2.40. The van der Waals surface area contributed by atoms with Crippen molar-refractivity contribution in [2.45, 2.75) is 46.7 Å². The third-order valence-electron chi connectivity index (χ3n) is 3.29. The molecule has 1 heterocycles. The molecule has 2 aromatic rings. The Bertz CT molecular complexity index is 570. The van der Waals surface area contributed by atoms with Crippen molar-refractivity contribution in [1.29, 1.82) is 0 Å². The topological polar surface area (TPSA) is 56.7 Å². The largest absolute Gasteiger partial charge is 0.324 e. The summed E-state index contributed by atoms with van der Waals surface area (Å²) in [4.78, 5) is 0. The van der Waals surface area contributed by atoms with Crippen molar-refractivity contribution < 1.29 is 0 Å². The lowest BCUT2D eigenvalue weighted by molar-refractivity contribution is 0.386. The smallest absolute Gasteiger partial charge is 0.165 e. The fourth-order valence-electron chi connectivity index (χ4n) is 2.48. The Hall–Kier alpha value is -1.68. The van der Waals surface area contributed by atoms with Gasteiger partial charge in [0.1, 0.15) is 5.82 Å². The van der Waals surface area contributed by atoms with E-state index in [1.807, 2.05) is 0 Å². The van der Waals surface area contributed by atoms with Crippen molar-refractivity contribution in [3.05, 3.63) is 35.2 Å². The molecular weight excluding hydrogens is 236 g/mol. The molecule has 2 N–H and O–H groups in total. The van der Waals surface area contributed by atoms with Gasteiger partial charge in [-0.3, -0.25) is 0 Å². The first-order chi connectivity index (χ1) is 8.86. The second-order valence-electron chi connectivity index (χ2n) is 5.92. The van der Waals surface area contributed by atoms with Crippen LogP contribution in [0.1, 0.15) is 37.7 Å². The van der Waals surface area contributed by atoms with Gasteiger partial charge in [0.15, 0.2) is 5.82 Å². The Kier molecular flexibility index (Phi) is 3.45. The molecule has 0 aliphatic heterocycles. The van der Waals surface area contributed by atoms with E-state index in [9.17, 15) is 0 Å². The molecule has 0 fully saturated rings. The standard InChI is InChI=1S/C15H22N4/c1-10-7-6-8-11(2)13(10)14-18-17-12(9-16)19(14)15(3,4)5/h6-8H,9,16H2,1-5H3. The number of hydrogen-bond acceptors (Lipinski definition) is 3. The van der Waals surface area contributed by atoms with E-state index in [0.717, 1.165) is 17.2 Å². The number of rotatable bonds is 2. The predicted octanol–water partition coefficient (Wildman–Crippen LogP) is 2.78. The lowest BCUT2D eigenvalue weighted by Gasteiger charge is -2.25. The summed E-state index contributed by atoms with van der Waals surface area (Å²) in [6, 6.07) is 6.27. The summed E-state index contributed by atoms with van der Waals surface area (Å²) in [5.41, 5.74) is 9.27. The van der Waals surface area contributed by atoms with Crippen LogP contribution in [0.3, 0.4) is 0 Å². The van der Waals surface area contributed by atoms with Gasteiger partial charge < -0.3 is 10.3 Å². The van der Waals surface area contributed by atoms with Crippen LogP contribution in [0.15, 0.2) is 18.2 Å². The molecule has 2 rings (SSSR count). The van der Waals surface area contributed by atoms with Gasteiger partial charge in [-0.2, -0.15) is 0 Å². The van der Waals surface area contributed by atoms with Crippen LogP contribution in [-0.2, 0) is 12.1 Å². The molecule has 0 amide bonds. The van der Waals surface area contributed by atoms with Gasteiger partial charge in [0, 0.05) is 11.1 Å². The molecule has 0 radical (unpaired) electrons. The van der Waals surface area contributed by atoms with Crippen molar-refractivity contribution in [3.63, 3.8) is 0 Å². The van der Waals surface area contributed by atoms with E-state index in [-0.39, 0.29) is 5.54 Å². The van der Waals surface area contributed by atoms with Crippen molar-refractivity contribution >= 4 is 0 Å². The number of aryl methyl sites for hydroxylation is 2. The minimum atomic E-state index is -0.0950. The molecule has 0 atom stereocenters. The molecule has 4 nitrogen and oxygen atoms in total. The van der Waals surface area contributed by atoms with Crippen LogP contribution in [0.4, 0.5) is 0 Å². The second kappa shape index (κ2) is 4.78. The minimum absolute atomic E-state index is 0.0950. The van der Waals surface area contributed by atoms with E-state index in [1.54, 1.807) is 0 Å². The minimum Gasteiger partial charge on any atom is -0.324 e. The molecule has 19 heavy (non-hydrogen) atoms. The van der Waals surface area contributed by atoms with E-state index < -0.39 is 0 Å². The van der Waals surface area contributed by atoms with Crippen LogP contribution in [-0.4, -0.2) is 14.8 Å². The average molecular weight is 258 g/mol. The lowest BCUT2D eigenvalue weighted by atomic mass is 10.0. The molecule has 1 aromatic heterocycles. The van der Waals surface area contributed by atoms with Gasteiger partial charge in [-0.25, -0.2) is 0 Å². The van der Waals surface area contributed by atoms with Crippen molar-refractivity contribution in [1.82, 2.24) is 14.8 Å². The molecule has 0 aliphatic carbocycles. The number of aromatic nitrogens is 3. The molecular formula is C15H22N4. The van der Waals surface area contributed by atoms with Crippen molar-refractivity contribution in [2.75, 3.05) is 0 Å². The monoisotopic (exact) mass is 258 g/mol. The number of benzene rings is 1. The third-order valence-corrected chi connectivity index (χ3v) is 3.29. The first kappa shape index (κ1) is 13.7. The van der Waals surface area contributed by atoms with Crippen LogP contribution < -0.4 is 5.73 Å². The summed E-state index contributed by atoms with van der Waals surface area (Å²) in [5, 5.41) is 8.63. The SMILES string of the molecule is Cc1cccc(C)c1-c1nnc(CN)n1C(C)(C)C. The average Bonchev–Trinajstić information content (AvgIpc) is 2.72. The van der Waals surface area contributed by atoms with E-state index in [0.29, 0.717) is 6.54 Å². The van der Waals surface area contributed by atoms with Crippen molar-refractivity contribution in [2.24, 2.45) is 5.73 Å². The Morgan fingerprint density at radius 2 is 1.68 bits per heavy atom. The fourth-order valence-corrected chi connectivity index (χ4v) is 2.48. The lowest BCUT2D eigenvalue weighted by Crippen LogP contribution is -2.26. The van der Waals surface area contributed by atoms with Crippen LogP contribution in [0.2, 0.25) is 0 Å². The van der Waals surface area contributed by atoms with Crippen LogP contribution in [0, 0.1) is 13.8 Å².